The fourth-order valence-corrected chi connectivity index (χ4v) is 2.22. The molecule has 1 aromatic carbocycles. The monoisotopic (exact) mass is 268 g/mol. The molecule has 0 radical (unpaired) electrons. The molecule has 0 amide bonds. The summed E-state index contributed by atoms with van der Waals surface area (Å²) in [6.07, 6.45) is 1.36. The molecule has 1 rings (SSSR count). The van der Waals surface area contributed by atoms with Gasteiger partial charge < -0.3 is 4.74 Å². The maximum absolute atomic E-state index is 12.0. The molecule has 3 heteroatoms. The zero-order valence-corrected chi connectivity index (χ0v) is 12.4. The summed E-state index contributed by atoms with van der Waals surface area (Å²) in [7, 11) is 0. The van der Waals surface area contributed by atoms with Crippen LogP contribution in [0.1, 0.15) is 46.8 Å². The summed E-state index contributed by atoms with van der Waals surface area (Å²) in [6.45, 7) is 8.70. The van der Waals surface area contributed by atoms with Gasteiger partial charge in [-0.15, -0.1) is 11.6 Å². The van der Waals surface area contributed by atoms with E-state index in [1.807, 2.05) is 26.8 Å². The largest absolute Gasteiger partial charge is 0.493 e. The molecule has 0 fully saturated rings. The SMILES string of the molecule is CCCOc1cc(C)c(C(=O)CCCl)c(C)c1C. The molecule has 0 saturated heterocycles. The Morgan fingerprint density at radius 2 is 1.94 bits per heavy atom. The highest BCUT2D eigenvalue weighted by atomic mass is 35.5. The standard InChI is InChI=1S/C15H21ClO2/c1-5-8-18-14-9-10(2)15(12(4)11(14)3)13(17)6-7-16/h9H,5-8H2,1-4H3. The van der Waals surface area contributed by atoms with Gasteiger partial charge in [-0.05, 0) is 49.9 Å². The van der Waals surface area contributed by atoms with Crippen molar-refractivity contribution in [2.75, 3.05) is 12.5 Å². The highest BCUT2D eigenvalue weighted by molar-refractivity contribution is 6.19. The Hall–Kier alpha value is -1.02. The number of Topliss-reactive ketones (excluding diaryl/α,β-unsaturated/α-hetero) is 1. The van der Waals surface area contributed by atoms with Gasteiger partial charge in [-0.1, -0.05) is 6.92 Å². The number of carbonyl (C=O) groups is 1. The van der Waals surface area contributed by atoms with Crippen molar-refractivity contribution in [1.82, 2.24) is 0 Å². The molecule has 0 aliphatic heterocycles. The molecule has 100 valence electrons. The van der Waals surface area contributed by atoms with Gasteiger partial charge in [0.2, 0.25) is 0 Å². The Morgan fingerprint density at radius 1 is 1.28 bits per heavy atom. The van der Waals surface area contributed by atoms with Crippen LogP contribution in [0.4, 0.5) is 0 Å². The number of halogens is 1. The Morgan fingerprint density at radius 3 is 2.50 bits per heavy atom. The van der Waals surface area contributed by atoms with Gasteiger partial charge in [-0.25, -0.2) is 0 Å². The summed E-state index contributed by atoms with van der Waals surface area (Å²) in [4.78, 5) is 12.0. The van der Waals surface area contributed by atoms with Gasteiger partial charge in [-0.3, -0.25) is 4.79 Å². The first kappa shape index (κ1) is 15.0. The molecular weight excluding hydrogens is 248 g/mol. The second-order valence-corrected chi connectivity index (χ2v) is 4.91. The Labute approximate surface area is 114 Å². The minimum atomic E-state index is 0.116. The molecule has 0 aliphatic carbocycles. The normalized spacial score (nSPS) is 10.5. The fourth-order valence-electron chi connectivity index (χ4n) is 2.05. The maximum atomic E-state index is 12.0. The maximum Gasteiger partial charge on any atom is 0.164 e. The minimum Gasteiger partial charge on any atom is -0.493 e. The third kappa shape index (κ3) is 3.26. The lowest BCUT2D eigenvalue weighted by Gasteiger charge is -2.16. The Balaban J connectivity index is 3.16. The molecule has 1 aromatic rings. The van der Waals surface area contributed by atoms with Crippen molar-refractivity contribution in [1.29, 1.82) is 0 Å². The quantitative estimate of drug-likeness (QED) is 0.571. The summed E-state index contributed by atoms with van der Waals surface area (Å²) in [6, 6.07) is 1.96. The van der Waals surface area contributed by atoms with Crippen LogP contribution in [0.25, 0.3) is 0 Å². The van der Waals surface area contributed by atoms with Crippen molar-refractivity contribution in [2.24, 2.45) is 0 Å². The van der Waals surface area contributed by atoms with E-state index in [1.165, 1.54) is 0 Å². The zero-order valence-electron chi connectivity index (χ0n) is 11.6. The smallest absolute Gasteiger partial charge is 0.164 e. The van der Waals surface area contributed by atoms with Gasteiger partial charge in [0, 0.05) is 17.9 Å². The molecule has 0 heterocycles. The topological polar surface area (TPSA) is 26.3 Å². The third-order valence-corrected chi connectivity index (χ3v) is 3.30. The molecule has 0 saturated carbocycles. The van der Waals surface area contributed by atoms with Crippen molar-refractivity contribution in [3.63, 3.8) is 0 Å². The molecule has 0 spiro atoms. The average molecular weight is 269 g/mol. The van der Waals surface area contributed by atoms with E-state index in [2.05, 4.69) is 6.92 Å². The van der Waals surface area contributed by atoms with Crippen molar-refractivity contribution in [3.05, 3.63) is 28.3 Å². The van der Waals surface area contributed by atoms with E-state index >= 15 is 0 Å². The van der Waals surface area contributed by atoms with Crippen LogP contribution in [0.3, 0.4) is 0 Å². The molecule has 0 aliphatic rings. The van der Waals surface area contributed by atoms with Gasteiger partial charge in [0.15, 0.2) is 5.78 Å². The molecular formula is C15H21ClO2. The first-order valence-electron chi connectivity index (χ1n) is 6.35. The average Bonchev–Trinajstić information content (AvgIpc) is 2.32. The molecule has 0 atom stereocenters. The summed E-state index contributed by atoms with van der Waals surface area (Å²) in [5.74, 6) is 1.37. The molecule has 0 bridgehead atoms. The number of aryl methyl sites for hydroxylation is 1. The van der Waals surface area contributed by atoms with Crippen LogP contribution in [0.15, 0.2) is 6.07 Å². The summed E-state index contributed by atoms with van der Waals surface area (Å²) >= 11 is 5.65. The minimum absolute atomic E-state index is 0.116. The van der Waals surface area contributed by atoms with Gasteiger partial charge in [0.25, 0.3) is 0 Å². The number of alkyl halides is 1. The van der Waals surface area contributed by atoms with Crippen LogP contribution in [0, 0.1) is 20.8 Å². The van der Waals surface area contributed by atoms with Gasteiger partial charge in [-0.2, -0.15) is 0 Å². The Kier molecular flexibility index (Phi) is 5.67. The highest BCUT2D eigenvalue weighted by Crippen LogP contribution is 2.28. The molecule has 0 unspecified atom stereocenters. The number of ether oxygens (including phenoxy) is 1. The second kappa shape index (κ2) is 6.79. The fraction of sp³-hybridized carbons (Fsp3) is 0.533. The van der Waals surface area contributed by atoms with Gasteiger partial charge in [0.1, 0.15) is 5.75 Å². The number of rotatable bonds is 6. The lowest BCUT2D eigenvalue weighted by molar-refractivity contribution is 0.0988. The van der Waals surface area contributed by atoms with Crippen LogP contribution in [-0.4, -0.2) is 18.3 Å². The predicted octanol–water partition coefficient (Wildman–Crippen LogP) is 4.21. The van der Waals surface area contributed by atoms with Crippen LogP contribution in [-0.2, 0) is 0 Å². The van der Waals surface area contributed by atoms with Crippen molar-refractivity contribution in [3.8, 4) is 5.75 Å². The van der Waals surface area contributed by atoms with Crippen molar-refractivity contribution in [2.45, 2.75) is 40.5 Å². The number of ketones is 1. The number of carbonyl (C=O) groups excluding carboxylic acids is 1. The number of hydrogen-bond donors (Lipinski definition) is 0. The van der Waals surface area contributed by atoms with Crippen LogP contribution < -0.4 is 4.74 Å². The molecule has 0 N–H and O–H groups in total. The Bertz CT molecular complexity index is 439. The van der Waals surface area contributed by atoms with E-state index in [1.54, 1.807) is 0 Å². The lowest BCUT2D eigenvalue weighted by Crippen LogP contribution is -2.08. The van der Waals surface area contributed by atoms with Crippen molar-refractivity contribution >= 4 is 17.4 Å². The lowest BCUT2D eigenvalue weighted by atomic mass is 9.93. The van der Waals surface area contributed by atoms with E-state index in [4.69, 9.17) is 16.3 Å². The number of hydrogen-bond acceptors (Lipinski definition) is 2. The van der Waals surface area contributed by atoms with Crippen LogP contribution in [0.2, 0.25) is 0 Å². The molecule has 0 aromatic heterocycles. The van der Waals surface area contributed by atoms with Gasteiger partial charge >= 0.3 is 0 Å². The van der Waals surface area contributed by atoms with Crippen molar-refractivity contribution < 1.29 is 9.53 Å². The molecule has 18 heavy (non-hydrogen) atoms. The first-order chi connectivity index (χ1) is 8.52. The first-order valence-corrected chi connectivity index (χ1v) is 6.89. The van der Waals surface area contributed by atoms with E-state index in [0.29, 0.717) is 18.9 Å². The van der Waals surface area contributed by atoms with E-state index in [9.17, 15) is 4.79 Å². The number of benzene rings is 1. The van der Waals surface area contributed by atoms with E-state index in [0.717, 1.165) is 34.4 Å². The van der Waals surface area contributed by atoms with E-state index in [-0.39, 0.29) is 5.78 Å². The highest BCUT2D eigenvalue weighted by Gasteiger charge is 2.16. The molecule has 2 nitrogen and oxygen atoms in total. The predicted molar refractivity (Wildman–Crippen MR) is 76.1 cm³/mol. The summed E-state index contributed by atoms with van der Waals surface area (Å²) in [5, 5.41) is 0. The third-order valence-electron chi connectivity index (χ3n) is 3.11. The van der Waals surface area contributed by atoms with Gasteiger partial charge in [0.05, 0.1) is 6.61 Å². The van der Waals surface area contributed by atoms with Crippen LogP contribution >= 0.6 is 11.6 Å². The van der Waals surface area contributed by atoms with Crippen LogP contribution in [0.5, 0.6) is 5.75 Å². The zero-order chi connectivity index (χ0) is 13.7. The second-order valence-electron chi connectivity index (χ2n) is 4.53. The van der Waals surface area contributed by atoms with E-state index < -0.39 is 0 Å². The summed E-state index contributed by atoms with van der Waals surface area (Å²) in [5.41, 5.74) is 3.83. The summed E-state index contributed by atoms with van der Waals surface area (Å²) < 4.78 is 5.70.